The fraction of sp³-hybridized carbons (Fsp3) is 0.400. The van der Waals surface area contributed by atoms with E-state index in [1.165, 1.54) is 32.1 Å². The van der Waals surface area contributed by atoms with Crippen molar-refractivity contribution in [2.75, 3.05) is 5.75 Å². The summed E-state index contributed by atoms with van der Waals surface area (Å²) in [7, 11) is 0. The molecular weight excluding hydrogens is 542 g/mol. The predicted octanol–water partition coefficient (Wildman–Crippen LogP) is 7.71. The van der Waals surface area contributed by atoms with Crippen LogP contribution in [0.2, 0.25) is 0 Å². The summed E-state index contributed by atoms with van der Waals surface area (Å²) in [5.74, 6) is 1.31. The molecule has 0 bridgehead atoms. The number of aromatic carboxylic acids is 1. The zero-order valence-corrected chi connectivity index (χ0v) is 25.5. The Morgan fingerprint density at radius 2 is 1.81 bits per heavy atom. The van der Waals surface area contributed by atoms with Crippen LogP contribution < -0.4 is 5.32 Å². The first kappa shape index (κ1) is 29.9. The SMILES string of the molecule is CCCc1nc2c(C)cc(C(=O)N[C@@H](CS)CC3CCCCC3)cc2n1Cc1ccc(-c2ccccc2C(=O)O)cc1. The number of carbonyl (C=O) groups excluding carboxylic acids is 1. The number of amides is 1. The average molecular weight is 584 g/mol. The number of rotatable bonds is 11. The van der Waals surface area contributed by atoms with Crippen LogP contribution in [0.3, 0.4) is 0 Å². The number of aromatic nitrogens is 2. The second kappa shape index (κ2) is 13.6. The summed E-state index contributed by atoms with van der Waals surface area (Å²) >= 11 is 4.57. The number of carboxylic acid groups (broad SMARTS) is 1. The predicted molar refractivity (Wildman–Crippen MR) is 173 cm³/mol. The monoisotopic (exact) mass is 583 g/mol. The smallest absolute Gasteiger partial charge is 0.336 e. The van der Waals surface area contributed by atoms with Gasteiger partial charge in [0.15, 0.2) is 0 Å². The number of nitrogens with zero attached hydrogens (tertiary/aromatic N) is 2. The van der Waals surface area contributed by atoms with Gasteiger partial charge in [0.25, 0.3) is 5.91 Å². The van der Waals surface area contributed by atoms with Gasteiger partial charge in [-0.2, -0.15) is 12.6 Å². The highest BCUT2D eigenvalue weighted by molar-refractivity contribution is 7.80. The second-order valence-corrected chi connectivity index (χ2v) is 12.0. The maximum atomic E-state index is 13.5. The quantitative estimate of drug-likeness (QED) is 0.158. The van der Waals surface area contributed by atoms with Crippen LogP contribution in [0.5, 0.6) is 0 Å². The van der Waals surface area contributed by atoms with E-state index in [0.29, 0.717) is 29.3 Å². The number of imidazole rings is 1. The molecule has 0 unspecified atom stereocenters. The van der Waals surface area contributed by atoms with Crippen LogP contribution in [-0.4, -0.2) is 38.3 Å². The molecule has 0 saturated heterocycles. The molecule has 1 aliphatic carbocycles. The van der Waals surface area contributed by atoms with E-state index in [-0.39, 0.29) is 17.5 Å². The van der Waals surface area contributed by atoms with Crippen molar-refractivity contribution in [2.24, 2.45) is 5.92 Å². The molecule has 1 aromatic heterocycles. The molecule has 2 N–H and O–H groups in total. The first-order chi connectivity index (χ1) is 20.4. The molecule has 0 aliphatic heterocycles. The van der Waals surface area contributed by atoms with Gasteiger partial charge < -0.3 is 15.0 Å². The molecule has 6 nitrogen and oxygen atoms in total. The second-order valence-electron chi connectivity index (χ2n) is 11.7. The Labute approximate surface area is 254 Å². The van der Waals surface area contributed by atoms with Gasteiger partial charge in [-0.05, 0) is 66.1 Å². The van der Waals surface area contributed by atoms with Crippen molar-refractivity contribution in [3.63, 3.8) is 0 Å². The van der Waals surface area contributed by atoms with E-state index in [1.54, 1.807) is 12.1 Å². The summed E-state index contributed by atoms with van der Waals surface area (Å²) < 4.78 is 2.22. The number of hydrogen-bond acceptors (Lipinski definition) is 4. The maximum absolute atomic E-state index is 13.5. The van der Waals surface area contributed by atoms with E-state index < -0.39 is 5.97 Å². The van der Waals surface area contributed by atoms with Crippen molar-refractivity contribution in [1.82, 2.24) is 14.9 Å². The topological polar surface area (TPSA) is 84.2 Å². The third-order valence-corrected chi connectivity index (χ3v) is 8.96. The van der Waals surface area contributed by atoms with Crippen LogP contribution in [-0.2, 0) is 13.0 Å². The van der Waals surface area contributed by atoms with E-state index in [2.05, 4.69) is 29.4 Å². The van der Waals surface area contributed by atoms with Gasteiger partial charge >= 0.3 is 5.97 Å². The lowest BCUT2D eigenvalue weighted by atomic mass is 9.85. The molecular formula is C35H41N3O3S. The number of thiol groups is 1. The van der Waals surface area contributed by atoms with E-state index in [4.69, 9.17) is 4.98 Å². The number of aryl methyl sites for hydroxylation is 2. The lowest BCUT2D eigenvalue weighted by Crippen LogP contribution is -2.38. The molecule has 220 valence electrons. The van der Waals surface area contributed by atoms with E-state index in [9.17, 15) is 14.7 Å². The standard InChI is InChI=1S/C35H41N3O3S/c1-3-9-32-37-33-23(2)18-27(34(39)36-28(22-42)19-24-10-5-4-6-11-24)20-31(33)38(32)21-25-14-16-26(17-15-25)29-12-7-8-13-30(29)35(40)41/h7-8,12-18,20,24,28,42H,3-6,9-11,19,21-22H2,1-2H3,(H,36,39)(H,40,41)/t28-/m1/s1. The molecule has 0 radical (unpaired) electrons. The third kappa shape index (κ3) is 6.73. The summed E-state index contributed by atoms with van der Waals surface area (Å²) in [6.45, 7) is 4.78. The highest BCUT2D eigenvalue weighted by Gasteiger charge is 2.22. The minimum absolute atomic E-state index is 0.0545. The highest BCUT2D eigenvalue weighted by atomic mass is 32.1. The lowest BCUT2D eigenvalue weighted by molar-refractivity contribution is 0.0697. The number of hydrogen-bond donors (Lipinski definition) is 3. The zero-order valence-electron chi connectivity index (χ0n) is 24.6. The Morgan fingerprint density at radius 3 is 2.50 bits per heavy atom. The fourth-order valence-electron chi connectivity index (χ4n) is 6.33. The molecule has 1 saturated carbocycles. The van der Waals surface area contributed by atoms with Crippen LogP contribution in [0.15, 0.2) is 60.7 Å². The molecule has 1 aliphatic rings. The zero-order chi connectivity index (χ0) is 29.6. The van der Waals surface area contributed by atoms with Crippen molar-refractivity contribution in [2.45, 2.75) is 77.8 Å². The molecule has 5 rings (SSSR count). The van der Waals surface area contributed by atoms with E-state index in [1.807, 2.05) is 55.5 Å². The summed E-state index contributed by atoms with van der Waals surface area (Å²) in [6.07, 6.45) is 9.18. The van der Waals surface area contributed by atoms with Crippen molar-refractivity contribution < 1.29 is 14.7 Å². The van der Waals surface area contributed by atoms with E-state index >= 15 is 0 Å². The van der Waals surface area contributed by atoms with Crippen molar-refractivity contribution in [3.8, 4) is 11.1 Å². The van der Waals surface area contributed by atoms with Crippen molar-refractivity contribution in [3.05, 3.63) is 88.7 Å². The molecule has 0 spiro atoms. The first-order valence-corrected chi connectivity index (χ1v) is 15.8. The summed E-state index contributed by atoms with van der Waals surface area (Å²) in [4.78, 5) is 30.2. The van der Waals surface area contributed by atoms with Gasteiger partial charge in [0.05, 0.1) is 16.6 Å². The lowest BCUT2D eigenvalue weighted by Gasteiger charge is -2.26. The third-order valence-electron chi connectivity index (χ3n) is 8.52. The normalized spacial score (nSPS) is 14.6. The van der Waals surface area contributed by atoms with E-state index in [0.717, 1.165) is 52.8 Å². The summed E-state index contributed by atoms with van der Waals surface area (Å²) in [5.41, 5.74) is 6.46. The molecule has 1 atom stereocenters. The first-order valence-electron chi connectivity index (χ1n) is 15.2. The van der Waals surface area contributed by atoms with Crippen molar-refractivity contribution in [1.29, 1.82) is 0 Å². The Kier molecular flexibility index (Phi) is 9.68. The molecule has 4 aromatic rings. The Balaban J connectivity index is 1.41. The number of carboxylic acids is 1. The molecule has 7 heteroatoms. The van der Waals surface area contributed by atoms with Gasteiger partial charge in [-0.3, -0.25) is 4.79 Å². The van der Waals surface area contributed by atoms with Crippen molar-refractivity contribution >= 4 is 35.5 Å². The largest absolute Gasteiger partial charge is 0.478 e. The molecule has 1 amide bonds. The highest BCUT2D eigenvalue weighted by Crippen LogP contribution is 2.29. The number of nitrogens with one attached hydrogen (secondary N) is 1. The molecule has 1 heterocycles. The minimum Gasteiger partial charge on any atom is -0.478 e. The van der Waals surface area contributed by atoms with Gasteiger partial charge in [0.1, 0.15) is 5.82 Å². The van der Waals surface area contributed by atoms with Gasteiger partial charge in [0.2, 0.25) is 0 Å². The van der Waals surface area contributed by atoms with Gasteiger partial charge in [0, 0.05) is 30.3 Å². The average Bonchev–Trinajstić information content (AvgIpc) is 3.35. The molecule has 3 aromatic carbocycles. The maximum Gasteiger partial charge on any atom is 0.336 e. The minimum atomic E-state index is -0.936. The van der Waals surface area contributed by atoms with Crippen LogP contribution in [0.1, 0.15) is 89.5 Å². The molecule has 1 fully saturated rings. The number of benzene rings is 3. The Hall–Kier alpha value is -3.58. The van der Waals surface area contributed by atoms with Gasteiger partial charge in [-0.1, -0.05) is 81.5 Å². The Bertz CT molecular complexity index is 1550. The van der Waals surface area contributed by atoms with Crippen LogP contribution >= 0.6 is 12.6 Å². The van der Waals surface area contributed by atoms with Crippen LogP contribution in [0.4, 0.5) is 0 Å². The van der Waals surface area contributed by atoms with Gasteiger partial charge in [-0.15, -0.1) is 0 Å². The van der Waals surface area contributed by atoms with Crippen LogP contribution in [0, 0.1) is 12.8 Å². The number of fused-ring (bicyclic) bond motifs is 1. The summed E-state index contributed by atoms with van der Waals surface area (Å²) in [6, 6.07) is 19.1. The number of carbonyl (C=O) groups is 2. The van der Waals surface area contributed by atoms with Gasteiger partial charge in [-0.25, -0.2) is 9.78 Å². The Morgan fingerprint density at radius 1 is 1.07 bits per heavy atom. The molecule has 42 heavy (non-hydrogen) atoms. The van der Waals surface area contributed by atoms with Crippen LogP contribution in [0.25, 0.3) is 22.2 Å². The fourth-order valence-corrected chi connectivity index (χ4v) is 6.57. The summed E-state index contributed by atoms with van der Waals surface area (Å²) in [5, 5.41) is 12.9.